The van der Waals surface area contributed by atoms with Gasteiger partial charge in [0, 0.05) is 12.1 Å². The Kier molecular flexibility index (Phi) is 3.05. The van der Waals surface area contributed by atoms with Crippen LogP contribution < -0.4 is 5.32 Å². The van der Waals surface area contributed by atoms with Gasteiger partial charge >= 0.3 is 0 Å². The first-order valence-corrected chi connectivity index (χ1v) is 7.26. The normalized spacial score (nSPS) is 33.5. The van der Waals surface area contributed by atoms with Crippen LogP contribution in [0.4, 0.5) is 23.2 Å². The van der Waals surface area contributed by atoms with E-state index in [1.807, 2.05) is 13.8 Å². The molecule has 2 fully saturated rings. The van der Waals surface area contributed by atoms with Gasteiger partial charge in [-0.1, -0.05) is 20.8 Å². The summed E-state index contributed by atoms with van der Waals surface area (Å²) in [6, 6.07) is 0.0257. The van der Waals surface area contributed by atoms with E-state index in [1.165, 1.54) is 0 Å². The molecule has 0 amide bonds. The predicted octanol–water partition coefficient (Wildman–Crippen LogP) is 4.87. The first-order valence-electron chi connectivity index (χ1n) is 7.26. The lowest BCUT2D eigenvalue weighted by atomic mass is 9.68. The summed E-state index contributed by atoms with van der Waals surface area (Å²) in [6.45, 7) is 6.17. The number of benzene rings is 1. The van der Waals surface area contributed by atoms with Crippen molar-refractivity contribution in [1.82, 2.24) is 0 Å². The number of halogens is 4. The van der Waals surface area contributed by atoms with Crippen molar-refractivity contribution in [2.75, 3.05) is 5.32 Å². The van der Waals surface area contributed by atoms with Gasteiger partial charge in [-0.05, 0) is 36.0 Å². The van der Waals surface area contributed by atoms with Crippen LogP contribution in [-0.2, 0) is 0 Å². The third-order valence-electron chi connectivity index (χ3n) is 5.67. The molecule has 3 atom stereocenters. The highest BCUT2D eigenvalue weighted by Crippen LogP contribution is 2.63. The average molecular weight is 301 g/mol. The molecule has 116 valence electrons. The predicted molar refractivity (Wildman–Crippen MR) is 72.9 cm³/mol. The van der Waals surface area contributed by atoms with Crippen molar-refractivity contribution in [3.8, 4) is 0 Å². The molecular weight excluding hydrogens is 282 g/mol. The maximum absolute atomic E-state index is 13.9. The van der Waals surface area contributed by atoms with Crippen LogP contribution >= 0.6 is 0 Å². The fraction of sp³-hybridized carbons (Fsp3) is 0.625. The highest BCUT2D eigenvalue weighted by Gasteiger charge is 2.59. The number of hydrogen-bond donors (Lipinski definition) is 1. The summed E-state index contributed by atoms with van der Waals surface area (Å²) in [6.07, 6.45) is 3.02. The van der Waals surface area contributed by atoms with Crippen LogP contribution in [0.2, 0.25) is 0 Å². The lowest BCUT2D eigenvalue weighted by Gasteiger charge is -2.43. The minimum absolute atomic E-state index is 0.101. The molecule has 21 heavy (non-hydrogen) atoms. The van der Waals surface area contributed by atoms with E-state index >= 15 is 0 Å². The van der Waals surface area contributed by atoms with E-state index in [-0.39, 0.29) is 22.9 Å². The molecular formula is C16H19F4N. The molecule has 2 aliphatic rings. The number of hydrogen-bond acceptors (Lipinski definition) is 1. The summed E-state index contributed by atoms with van der Waals surface area (Å²) in [5, 5.41) is 2.79. The Morgan fingerprint density at radius 1 is 1.05 bits per heavy atom. The summed E-state index contributed by atoms with van der Waals surface area (Å²) in [5.41, 5.74) is -0.954. The fourth-order valence-corrected chi connectivity index (χ4v) is 4.51. The van der Waals surface area contributed by atoms with Gasteiger partial charge in [0.15, 0.2) is 23.3 Å². The average Bonchev–Trinajstić information content (AvgIpc) is 2.86. The third-order valence-corrected chi connectivity index (χ3v) is 5.67. The minimum atomic E-state index is -1.37. The summed E-state index contributed by atoms with van der Waals surface area (Å²) >= 11 is 0. The van der Waals surface area contributed by atoms with E-state index in [2.05, 4.69) is 12.2 Å². The Bertz CT molecular complexity index is 567. The largest absolute Gasteiger partial charge is 0.376 e. The zero-order valence-corrected chi connectivity index (χ0v) is 12.4. The lowest BCUT2D eigenvalue weighted by Crippen LogP contribution is -2.46. The Hall–Kier alpha value is -1.26. The molecule has 5 heteroatoms. The molecule has 2 saturated carbocycles. The molecule has 3 rings (SSSR count). The van der Waals surface area contributed by atoms with Crippen LogP contribution in [-0.4, -0.2) is 6.04 Å². The van der Waals surface area contributed by atoms with E-state index < -0.39 is 29.0 Å². The smallest absolute Gasteiger partial charge is 0.185 e. The van der Waals surface area contributed by atoms with Gasteiger partial charge in [-0.25, -0.2) is 17.6 Å². The van der Waals surface area contributed by atoms with Gasteiger partial charge in [-0.15, -0.1) is 0 Å². The molecule has 0 saturated heterocycles. The molecule has 1 N–H and O–H groups in total. The van der Waals surface area contributed by atoms with E-state index in [9.17, 15) is 17.6 Å². The SMILES string of the molecule is CC12CCC(C1)C(C)(C)C2Nc1c(F)c(F)cc(F)c1F. The van der Waals surface area contributed by atoms with E-state index in [1.54, 1.807) is 0 Å². The Morgan fingerprint density at radius 2 is 1.62 bits per heavy atom. The van der Waals surface area contributed by atoms with Crippen LogP contribution in [0.15, 0.2) is 6.07 Å². The maximum Gasteiger partial charge on any atom is 0.185 e. The lowest BCUT2D eigenvalue weighted by molar-refractivity contribution is 0.154. The number of rotatable bonds is 2. The van der Waals surface area contributed by atoms with Crippen LogP contribution in [0.3, 0.4) is 0 Å². The van der Waals surface area contributed by atoms with Crippen molar-refractivity contribution in [2.45, 2.75) is 46.1 Å². The second-order valence-corrected chi connectivity index (χ2v) is 7.34. The van der Waals surface area contributed by atoms with Gasteiger partial charge < -0.3 is 5.32 Å². The number of nitrogens with one attached hydrogen (secondary N) is 1. The molecule has 3 unspecified atom stereocenters. The molecule has 0 aliphatic heterocycles. The van der Waals surface area contributed by atoms with Crippen LogP contribution in [0.25, 0.3) is 0 Å². The summed E-state index contributed by atoms with van der Waals surface area (Å²) in [7, 11) is 0. The fourth-order valence-electron chi connectivity index (χ4n) is 4.51. The zero-order chi connectivity index (χ0) is 15.6. The molecule has 0 spiro atoms. The molecule has 0 radical (unpaired) electrons. The van der Waals surface area contributed by atoms with Crippen molar-refractivity contribution >= 4 is 5.69 Å². The van der Waals surface area contributed by atoms with Gasteiger partial charge in [0.1, 0.15) is 5.69 Å². The maximum atomic E-state index is 13.9. The highest BCUT2D eigenvalue weighted by molar-refractivity contribution is 5.49. The quantitative estimate of drug-likeness (QED) is 0.607. The van der Waals surface area contributed by atoms with Gasteiger partial charge in [0.05, 0.1) is 0 Å². The van der Waals surface area contributed by atoms with Gasteiger partial charge in [0.25, 0.3) is 0 Å². The van der Waals surface area contributed by atoms with Gasteiger partial charge in [0.2, 0.25) is 0 Å². The van der Waals surface area contributed by atoms with E-state index in [0.717, 1.165) is 19.3 Å². The first kappa shape index (κ1) is 14.7. The molecule has 1 aromatic carbocycles. The van der Waals surface area contributed by atoms with Crippen LogP contribution in [0.5, 0.6) is 0 Å². The highest BCUT2D eigenvalue weighted by atomic mass is 19.2. The zero-order valence-electron chi connectivity index (χ0n) is 12.4. The molecule has 1 aromatic rings. The van der Waals surface area contributed by atoms with Gasteiger partial charge in [-0.3, -0.25) is 0 Å². The second kappa shape index (κ2) is 4.37. The van der Waals surface area contributed by atoms with Crippen molar-refractivity contribution < 1.29 is 17.6 Å². The summed E-state index contributed by atoms with van der Waals surface area (Å²) < 4.78 is 54.4. The van der Waals surface area contributed by atoms with E-state index in [4.69, 9.17) is 0 Å². The summed E-state index contributed by atoms with van der Waals surface area (Å²) in [4.78, 5) is 0. The number of fused-ring (bicyclic) bond motifs is 2. The first-order chi connectivity index (χ1) is 9.67. The molecule has 0 aromatic heterocycles. The molecule has 2 aliphatic carbocycles. The standard InChI is InChI=1S/C16H19F4N/c1-15(2)8-4-5-16(3,7-8)14(15)21-13-11(19)9(17)6-10(18)12(13)20/h6,8,14,21H,4-5,7H2,1-3H3. The molecule has 0 heterocycles. The summed E-state index contributed by atoms with van der Waals surface area (Å²) in [5.74, 6) is -4.98. The third kappa shape index (κ3) is 1.96. The Labute approximate surface area is 121 Å². The van der Waals surface area contributed by atoms with Gasteiger partial charge in [-0.2, -0.15) is 0 Å². The minimum Gasteiger partial charge on any atom is -0.376 e. The topological polar surface area (TPSA) is 12.0 Å². The molecule has 2 bridgehead atoms. The Balaban J connectivity index is 2.02. The number of anilines is 1. The van der Waals surface area contributed by atoms with Crippen molar-refractivity contribution in [1.29, 1.82) is 0 Å². The van der Waals surface area contributed by atoms with E-state index in [0.29, 0.717) is 5.92 Å². The second-order valence-electron chi connectivity index (χ2n) is 7.34. The van der Waals surface area contributed by atoms with Crippen LogP contribution in [0.1, 0.15) is 40.0 Å². The van der Waals surface area contributed by atoms with Crippen molar-refractivity contribution in [3.05, 3.63) is 29.3 Å². The van der Waals surface area contributed by atoms with Crippen molar-refractivity contribution in [3.63, 3.8) is 0 Å². The Morgan fingerprint density at radius 3 is 2.10 bits per heavy atom. The molecule has 1 nitrogen and oxygen atoms in total. The van der Waals surface area contributed by atoms with Crippen LogP contribution in [0, 0.1) is 40.0 Å². The van der Waals surface area contributed by atoms with Crippen molar-refractivity contribution in [2.24, 2.45) is 16.7 Å². The monoisotopic (exact) mass is 301 g/mol.